The first-order valence-electron chi connectivity index (χ1n) is 6.17. The number of hydrogen-bond acceptors (Lipinski definition) is 3. The second-order valence-corrected chi connectivity index (χ2v) is 4.06. The average Bonchev–Trinajstić information content (AvgIpc) is 2.31. The van der Waals surface area contributed by atoms with E-state index in [1.165, 1.54) is 18.7 Å². The lowest BCUT2D eigenvalue weighted by atomic mass is 10.2. The summed E-state index contributed by atoms with van der Waals surface area (Å²) in [6.07, 6.45) is 0. The Morgan fingerprint density at radius 3 is 1.61 bits per heavy atom. The maximum atomic E-state index is 11.4. The number of anilines is 2. The lowest BCUT2D eigenvalue weighted by Gasteiger charge is -2.22. The van der Waals surface area contributed by atoms with E-state index >= 15 is 0 Å². The van der Waals surface area contributed by atoms with Crippen molar-refractivity contribution in [1.29, 1.82) is 0 Å². The Balaban J connectivity index is 3.00. The predicted molar refractivity (Wildman–Crippen MR) is 73.8 cm³/mol. The molecule has 0 saturated carbocycles. The highest BCUT2D eigenvalue weighted by Crippen LogP contribution is 2.21. The van der Waals surface area contributed by atoms with Gasteiger partial charge in [0.15, 0.2) is 0 Å². The molecule has 0 unspecified atom stereocenters. The highest BCUT2D eigenvalue weighted by atomic mass is 16.2. The van der Waals surface area contributed by atoms with Crippen LogP contribution in [-0.2, 0) is 9.59 Å². The van der Waals surface area contributed by atoms with Crippen molar-refractivity contribution in [2.45, 2.75) is 27.7 Å². The first-order valence-corrected chi connectivity index (χ1v) is 6.17. The van der Waals surface area contributed by atoms with Crippen LogP contribution in [-0.4, -0.2) is 24.9 Å². The summed E-state index contributed by atoms with van der Waals surface area (Å²) in [5, 5.41) is 0. The number of carbonyl (C=O) groups is 2. The number of nitrogens with zero attached hydrogens (tertiary/aromatic N) is 2. The lowest BCUT2D eigenvalue weighted by molar-refractivity contribution is -0.124. The number of imide groups is 1. The number of rotatable bonds is 4. The first kappa shape index (κ1) is 14.2. The molecule has 2 amide bonds. The van der Waals surface area contributed by atoms with Crippen LogP contribution in [0.1, 0.15) is 27.7 Å². The fourth-order valence-corrected chi connectivity index (χ4v) is 1.99. The zero-order valence-electron chi connectivity index (χ0n) is 11.4. The molecule has 1 aromatic rings. The van der Waals surface area contributed by atoms with Gasteiger partial charge in [0.2, 0.25) is 11.8 Å². The topological polar surface area (TPSA) is 40.6 Å². The fourth-order valence-electron chi connectivity index (χ4n) is 1.99. The normalized spacial score (nSPS) is 10.0. The molecule has 4 heteroatoms. The molecule has 0 aliphatic heterocycles. The van der Waals surface area contributed by atoms with E-state index in [9.17, 15) is 9.59 Å². The molecule has 1 aromatic carbocycles. The fraction of sp³-hybridized carbons (Fsp3) is 0.429. The predicted octanol–water partition coefficient (Wildman–Crippen LogP) is 2.43. The second kappa shape index (κ2) is 6.19. The number of carbonyl (C=O) groups excluding carboxylic acids is 2. The minimum atomic E-state index is -0.266. The van der Waals surface area contributed by atoms with Crippen LogP contribution in [0.25, 0.3) is 0 Å². The zero-order chi connectivity index (χ0) is 13.7. The summed E-state index contributed by atoms with van der Waals surface area (Å²) in [6.45, 7) is 8.82. The Bertz CT molecular complexity index is 408. The van der Waals surface area contributed by atoms with Gasteiger partial charge in [-0.1, -0.05) is 0 Å². The molecule has 0 saturated heterocycles. The molecule has 98 valence electrons. The minimum absolute atomic E-state index is 0.266. The first-order chi connectivity index (χ1) is 8.51. The van der Waals surface area contributed by atoms with Crippen molar-refractivity contribution in [3.63, 3.8) is 0 Å². The Hall–Kier alpha value is -1.84. The highest BCUT2D eigenvalue weighted by molar-refractivity contribution is 6.13. The van der Waals surface area contributed by atoms with Crippen LogP contribution in [0.4, 0.5) is 11.4 Å². The maximum Gasteiger partial charge on any atom is 0.230 e. The standard InChI is InChI=1S/C14H20N2O2/c1-5-15(6-2)13-7-9-14(10-8-13)16(11(3)17)12(4)18/h7-10H,5-6H2,1-4H3. The van der Waals surface area contributed by atoms with Gasteiger partial charge in [0.05, 0.1) is 5.69 Å². The van der Waals surface area contributed by atoms with E-state index in [1.807, 2.05) is 12.1 Å². The van der Waals surface area contributed by atoms with Gasteiger partial charge in [-0.3, -0.25) is 14.5 Å². The van der Waals surface area contributed by atoms with E-state index in [2.05, 4.69) is 18.7 Å². The van der Waals surface area contributed by atoms with Gasteiger partial charge in [-0.05, 0) is 38.1 Å². The monoisotopic (exact) mass is 248 g/mol. The van der Waals surface area contributed by atoms with Gasteiger partial charge < -0.3 is 4.90 Å². The Kier molecular flexibility index (Phi) is 4.89. The Labute approximate surface area is 108 Å². The molecule has 0 aliphatic rings. The second-order valence-electron chi connectivity index (χ2n) is 4.06. The molecule has 0 aliphatic carbocycles. The Morgan fingerprint density at radius 2 is 1.28 bits per heavy atom. The zero-order valence-corrected chi connectivity index (χ0v) is 11.4. The quantitative estimate of drug-likeness (QED) is 0.821. The molecule has 0 aromatic heterocycles. The molecule has 0 N–H and O–H groups in total. The van der Waals surface area contributed by atoms with E-state index < -0.39 is 0 Å². The summed E-state index contributed by atoms with van der Waals surface area (Å²) in [4.78, 5) is 26.2. The van der Waals surface area contributed by atoms with Crippen molar-refractivity contribution in [3.8, 4) is 0 Å². The van der Waals surface area contributed by atoms with Crippen molar-refractivity contribution in [3.05, 3.63) is 24.3 Å². The molecule has 0 heterocycles. The van der Waals surface area contributed by atoms with Gasteiger partial charge >= 0.3 is 0 Å². The third kappa shape index (κ3) is 3.09. The molecular formula is C14H20N2O2. The highest BCUT2D eigenvalue weighted by Gasteiger charge is 2.16. The molecule has 0 atom stereocenters. The van der Waals surface area contributed by atoms with Crippen LogP contribution in [0.3, 0.4) is 0 Å². The summed E-state index contributed by atoms with van der Waals surface area (Å²) in [5.41, 5.74) is 1.71. The smallest absolute Gasteiger partial charge is 0.230 e. The summed E-state index contributed by atoms with van der Waals surface area (Å²) >= 11 is 0. The third-order valence-corrected chi connectivity index (χ3v) is 2.87. The molecule has 0 fully saturated rings. The average molecular weight is 248 g/mol. The van der Waals surface area contributed by atoms with E-state index in [4.69, 9.17) is 0 Å². The number of hydrogen-bond donors (Lipinski definition) is 0. The number of benzene rings is 1. The van der Waals surface area contributed by atoms with Crippen molar-refractivity contribution < 1.29 is 9.59 Å². The molecule has 0 spiro atoms. The summed E-state index contributed by atoms with van der Waals surface area (Å²) in [7, 11) is 0. The minimum Gasteiger partial charge on any atom is -0.372 e. The van der Waals surface area contributed by atoms with Crippen LogP contribution in [0, 0.1) is 0 Å². The van der Waals surface area contributed by atoms with Crippen LogP contribution in [0.2, 0.25) is 0 Å². The van der Waals surface area contributed by atoms with E-state index in [0.29, 0.717) is 5.69 Å². The molecule has 18 heavy (non-hydrogen) atoms. The van der Waals surface area contributed by atoms with Gasteiger partial charge in [0, 0.05) is 32.6 Å². The van der Waals surface area contributed by atoms with Crippen LogP contribution in [0.15, 0.2) is 24.3 Å². The molecule has 0 bridgehead atoms. The van der Waals surface area contributed by atoms with Gasteiger partial charge in [0.1, 0.15) is 0 Å². The van der Waals surface area contributed by atoms with Crippen LogP contribution < -0.4 is 9.80 Å². The largest absolute Gasteiger partial charge is 0.372 e. The van der Waals surface area contributed by atoms with Gasteiger partial charge in [-0.25, -0.2) is 0 Å². The van der Waals surface area contributed by atoms with Gasteiger partial charge in [-0.2, -0.15) is 0 Å². The van der Waals surface area contributed by atoms with Gasteiger partial charge in [0.25, 0.3) is 0 Å². The summed E-state index contributed by atoms with van der Waals surface area (Å²) in [6, 6.07) is 7.47. The summed E-state index contributed by atoms with van der Waals surface area (Å²) < 4.78 is 0. The summed E-state index contributed by atoms with van der Waals surface area (Å²) in [5.74, 6) is -0.531. The SMILES string of the molecule is CCN(CC)c1ccc(N(C(C)=O)C(C)=O)cc1. The van der Waals surface area contributed by atoms with E-state index in [-0.39, 0.29) is 11.8 Å². The molecule has 1 rings (SSSR count). The van der Waals surface area contributed by atoms with E-state index in [1.54, 1.807) is 12.1 Å². The van der Waals surface area contributed by atoms with Gasteiger partial charge in [-0.15, -0.1) is 0 Å². The molecular weight excluding hydrogens is 228 g/mol. The van der Waals surface area contributed by atoms with Crippen molar-refractivity contribution in [2.24, 2.45) is 0 Å². The van der Waals surface area contributed by atoms with Crippen molar-refractivity contribution in [1.82, 2.24) is 0 Å². The van der Waals surface area contributed by atoms with Crippen molar-refractivity contribution >= 4 is 23.2 Å². The lowest BCUT2D eigenvalue weighted by Crippen LogP contribution is -2.33. The third-order valence-electron chi connectivity index (χ3n) is 2.87. The molecule has 4 nitrogen and oxygen atoms in total. The van der Waals surface area contributed by atoms with Crippen LogP contribution >= 0.6 is 0 Å². The Morgan fingerprint density at radius 1 is 0.889 bits per heavy atom. The maximum absolute atomic E-state index is 11.4. The number of amides is 2. The van der Waals surface area contributed by atoms with E-state index in [0.717, 1.165) is 18.8 Å². The molecule has 0 radical (unpaired) electrons. The van der Waals surface area contributed by atoms with Crippen LogP contribution in [0.5, 0.6) is 0 Å². The van der Waals surface area contributed by atoms with Crippen molar-refractivity contribution in [2.75, 3.05) is 22.9 Å².